The van der Waals surface area contributed by atoms with Gasteiger partial charge in [0.15, 0.2) is 0 Å². The summed E-state index contributed by atoms with van der Waals surface area (Å²) in [7, 11) is 0. The molecule has 9 heteroatoms. The SMILES string of the molecule is NC(=O)c1c(NC(=O)C(=O)NCC[NH+]2CCOCC2)sc2c1CCCC2. The first-order valence-corrected chi connectivity index (χ1v) is 9.82. The lowest BCUT2D eigenvalue weighted by atomic mass is 9.95. The minimum absolute atomic E-state index is 0.364. The number of nitrogens with one attached hydrogen (secondary N) is 3. The molecule has 0 bridgehead atoms. The van der Waals surface area contributed by atoms with Gasteiger partial charge in [-0.05, 0) is 31.2 Å². The van der Waals surface area contributed by atoms with Gasteiger partial charge in [0.25, 0.3) is 5.91 Å². The maximum atomic E-state index is 12.2. The lowest BCUT2D eigenvalue weighted by molar-refractivity contribution is -0.906. The van der Waals surface area contributed by atoms with Gasteiger partial charge in [-0.3, -0.25) is 14.4 Å². The summed E-state index contributed by atoms with van der Waals surface area (Å²) in [4.78, 5) is 38.5. The maximum absolute atomic E-state index is 12.2. The van der Waals surface area contributed by atoms with Crippen LogP contribution in [0.3, 0.4) is 0 Å². The van der Waals surface area contributed by atoms with E-state index in [9.17, 15) is 14.4 Å². The predicted molar refractivity (Wildman–Crippen MR) is 97.5 cm³/mol. The summed E-state index contributed by atoms with van der Waals surface area (Å²) in [5, 5.41) is 5.61. The molecule has 1 aromatic rings. The molecule has 1 saturated heterocycles. The topological polar surface area (TPSA) is 115 Å². The van der Waals surface area contributed by atoms with Crippen molar-refractivity contribution in [3.05, 3.63) is 16.0 Å². The first-order chi connectivity index (χ1) is 12.6. The normalized spacial score (nSPS) is 17.4. The smallest absolute Gasteiger partial charge is 0.314 e. The van der Waals surface area contributed by atoms with Gasteiger partial charge in [0.2, 0.25) is 0 Å². The van der Waals surface area contributed by atoms with Gasteiger partial charge < -0.3 is 26.0 Å². The largest absolute Gasteiger partial charge is 0.370 e. The molecule has 0 unspecified atom stereocenters. The molecular formula is C17H25N4O4S+. The molecule has 26 heavy (non-hydrogen) atoms. The van der Waals surface area contributed by atoms with E-state index in [-0.39, 0.29) is 0 Å². The number of nitrogens with two attached hydrogens (primary N) is 1. The second-order valence-electron chi connectivity index (χ2n) is 6.60. The van der Waals surface area contributed by atoms with Gasteiger partial charge in [-0.1, -0.05) is 0 Å². The number of carbonyl (C=O) groups excluding carboxylic acids is 3. The Morgan fingerprint density at radius 2 is 1.85 bits per heavy atom. The molecule has 0 saturated carbocycles. The first kappa shape index (κ1) is 18.8. The Hall–Kier alpha value is -1.97. The molecule has 1 aromatic heterocycles. The summed E-state index contributed by atoms with van der Waals surface area (Å²) in [6.45, 7) is 4.44. The third kappa shape index (κ3) is 4.40. The number of ether oxygens (including phenoxy) is 1. The van der Waals surface area contributed by atoms with E-state index in [2.05, 4.69) is 10.6 Å². The van der Waals surface area contributed by atoms with E-state index >= 15 is 0 Å². The van der Waals surface area contributed by atoms with Crippen LogP contribution in [-0.4, -0.2) is 57.1 Å². The number of thiophene rings is 1. The molecule has 142 valence electrons. The highest BCUT2D eigenvalue weighted by Crippen LogP contribution is 2.37. The zero-order valence-corrected chi connectivity index (χ0v) is 15.5. The number of anilines is 1. The number of rotatable bonds is 5. The zero-order chi connectivity index (χ0) is 18.5. The first-order valence-electron chi connectivity index (χ1n) is 9.01. The molecule has 0 radical (unpaired) electrons. The Morgan fingerprint density at radius 1 is 1.12 bits per heavy atom. The Morgan fingerprint density at radius 3 is 2.58 bits per heavy atom. The number of aryl methyl sites for hydroxylation is 1. The van der Waals surface area contributed by atoms with Crippen molar-refractivity contribution in [2.45, 2.75) is 25.7 Å². The molecule has 3 amide bonds. The Kier molecular flexibility index (Phi) is 6.23. The second kappa shape index (κ2) is 8.61. The summed E-state index contributed by atoms with van der Waals surface area (Å²) >= 11 is 1.35. The van der Waals surface area contributed by atoms with Crippen LogP contribution in [0.2, 0.25) is 0 Å². The van der Waals surface area contributed by atoms with Crippen LogP contribution in [0.1, 0.15) is 33.6 Å². The highest BCUT2D eigenvalue weighted by atomic mass is 32.1. The standard InChI is InChI=1S/C17H24N4O4S/c18-14(22)13-11-3-1-2-4-12(11)26-17(13)20-16(24)15(23)19-5-6-21-7-9-25-10-8-21/h1-10H2,(H2,18,22)(H,19,23)(H,20,24)/p+1. The Bertz CT molecular complexity index is 697. The summed E-state index contributed by atoms with van der Waals surface area (Å²) < 4.78 is 5.29. The molecule has 3 rings (SSSR count). The number of hydrogen-bond acceptors (Lipinski definition) is 5. The molecular weight excluding hydrogens is 356 g/mol. The minimum Gasteiger partial charge on any atom is -0.370 e. The van der Waals surface area contributed by atoms with Crippen molar-refractivity contribution in [1.29, 1.82) is 0 Å². The highest BCUT2D eigenvalue weighted by molar-refractivity contribution is 7.17. The van der Waals surface area contributed by atoms with Crippen LogP contribution in [0.15, 0.2) is 0 Å². The van der Waals surface area contributed by atoms with Gasteiger partial charge in [-0.15, -0.1) is 11.3 Å². The number of fused-ring (bicyclic) bond motifs is 1. The van der Waals surface area contributed by atoms with E-state index in [1.165, 1.54) is 16.2 Å². The van der Waals surface area contributed by atoms with Crippen molar-refractivity contribution in [2.75, 3.05) is 44.7 Å². The number of primary amides is 1. The third-order valence-electron chi connectivity index (χ3n) is 4.82. The van der Waals surface area contributed by atoms with E-state index in [1.54, 1.807) is 0 Å². The summed E-state index contributed by atoms with van der Waals surface area (Å²) in [5.41, 5.74) is 6.80. The number of carbonyl (C=O) groups is 3. The third-order valence-corrected chi connectivity index (χ3v) is 6.02. The van der Waals surface area contributed by atoms with Gasteiger partial charge >= 0.3 is 11.8 Å². The summed E-state index contributed by atoms with van der Waals surface area (Å²) in [5.74, 6) is -2.02. The molecule has 2 heterocycles. The van der Waals surface area contributed by atoms with Crippen LogP contribution in [0.25, 0.3) is 0 Å². The quantitative estimate of drug-likeness (QED) is 0.474. The fourth-order valence-electron chi connectivity index (χ4n) is 3.42. The lowest BCUT2D eigenvalue weighted by Gasteiger charge is -2.23. The average molecular weight is 381 g/mol. The number of hydrogen-bond donors (Lipinski definition) is 4. The Labute approximate surface area is 156 Å². The van der Waals surface area contributed by atoms with Crippen molar-refractivity contribution in [1.82, 2.24) is 5.32 Å². The van der Waals surface area contributed by atoms with Crippen molar-refractivity contribution < 1.29 is 24.0 Å². The number of amides is 3. The van der Waals surface area contributed by atoms with E-state index in [1.807, 2.05) is 0 Å². The molecule has 8 nitrogen and oxygen atoms in total. The molecule has 1 fully saturated rings. The van der Waals surface area contributed by atoms with E-state index in [0.29, 0.717) is 17.1 Å². The van der Waals surface area contributed by atoms with Crippen molar-refractivity contribution >= 4 is 34.1 Å². The molecule has 0 spiro atoms. The van der Waals surface area contributed by atoms with Crippen LogP contribution in [0, 0.1) is 0 Å². The van der Waals surface area contributed by atoms with Crippen molar-refractivity contribution in [3.8, 4) is 0 Å². The number of morpholine rings is 1. The van der Waals surface area contributed by atoms with Gasteiger partial charge in [-0.2, -0.15) is 0 Å². The van der Waals surface area contributed by atoms with E-state index < -0.39 is 17.7 Å². The van der Waals surface area contributed by atoms with Crippen molar-refractivity contribution in [2.24, 2.45) is 5.73 Å². The van der Waals surface area contributed by atoms with Crippen LogP contribution >= 0.6 is 11.3 Å². The summed E-state index contributed by atoms with van der Waals surface area (Å²) in [6, 6.07) is 0. The molecule has 2 aliphatic rings. The fraction of sp³-hybridized carbons (Fsp3) is 0.588. The summed E-state index contributed by atoms with van der Waals surface area (Å²) in [6.07, 6.45) is 3.73. The molecule has 0 atom stereocenters. The van der Waals surface area contributed by atoms with Gasteiger partial charge in [0.1, 0.15) is 18.1 Å². The van der Waals surface area contributed by atoms with Gasteiger partial charge in [-0.25, -0.2) is 0 Å². The van der Waals surface area contributed by atoms with Crippen LogP contribution in [-0.2, 0) is 27.2 Å². The maximum Gasteiger partial charge on any atom is 0.314 e. The van der Waals surface area contributed by atoms with E-state index in [4.69, 9.17) is 10.5 Å². The van der Waals surface area contributed by atoms with Crippen molar-refractivity contribution in [3.63, 3.8) is 0 Å². The molecule has 1 aliphatic carbocycles. The predicted octanol–water partition coefficient (Wildman–Crippen LogP) is -1.30. The Balaban J connectivity index is 1.56. The second-order valence-corrected chi connectivity index (χ2v) is 7.71. The van der Waals surface area contributed by atoms with E-state index in [0.717, 1.165) is 69.0 Å². The zero-order valence-electron chi connectivity index (χ0n) is 14.7. The highest BCUT2D eigenvalue weighted by Gasteiger charge is 2.26. The van der Waals surface area contributed by atoms with Crippen LogP contribution in [0.4, 0.5) is 5.00 Å². The van der Waals surface area contributed by atoms with Crippen LogP contribution in [0.5, 0.6) is 0 Å². The number of quaternary nitrogens is 1. The fourth-order valence-corrected chi connectivity index (χ4v) is 4.71. The lowest BCUT2D eigenvalue weighted by Crippen LogP contribution is -3.14. The molecule has 5 N–H and O–H groups in total. The van der Waals surface area contributed by atoms with Gasteiger partial charge in [0.05, 0.1) is 31.9 Å². The monoisotopic (exact) mass is 381 g/mol. The van der Waals surface area contributed by atoms with Gasteiger partial charge in [0, 0.05) is 4.88 Å². The molecule has 1 aliphatic heterocycles. The molecule has 0 aromatic carbocycles. The average Bonchev–Trinajstić information content (AvgIpc) is 3.00. The minimum atomic E-state index is -0.761. The van der Waals surface area contributed by atoms with Crippen LogP contribution < -0.4 is 21.3 Å².